The Hall–Kier alpha value is -1.08. The summed E-state index contributed by atoms with van der Waals surface area (Å²) >= 11 is 0. The zero-order chi connectivity index (χ0) is 8.39. The van der Waals surface area contributed by atoms with Crippen molar-refractivity contribution in [3.8, 4) is 0 Å². The van der Waals surface area contributed by atoms with Crippen LogP contribution in [-0.2, 0) is 0 Å². The van der Waals surface area contributed by atoms with Crippen LogP contribution in [0.5, 0.6) is 0 Å². The molecule has 12 heavy (non-hydrogen) atoms. The van der Waals surface area contributed by atoms with Gasteiger partial charge in [0, 0.05) is 11.8 Å². The maximum Gasteiger partial charge on any atom is 0.0818 e. The van der Waals surface area contributed by atoms with E-state index in [2.05, 4.69) is 18.2 Å². The Morgan fingerprint density at radius 1 is 0.750 bits per heavy atom. The summed E-state index contributed by atoms with van der Waals surface area (Å²) in [5, 5.41) is 9.61. The van der Waals surface area contributed by atoms with Gasteiger partial charge >= 0.3 is 0 Å². The molecular formula is C11H12O. The lowest BCUT2D eigenvalue weighted by Crippen LogP contribution is -2.12. The second-order valence-corrected chi connectivity index (χ2v) is 3.18. The highest BCUT2D eigenvalue weighted by atomic mass is 16.3. The van der Waals surface area contributed by atoms with Gasteiger partial charge in [-0.15, -0.1) is 0 Å². The van der Waals surface area contributed by atoms with Crippen molar-refractivity contribution in [2.75, 3.05) is 0 Å². The second-order valence-electron chi connectivity index (χ2n) is 3.18. The highest BCUT2D eigenvalue weighted by Crippen LogP contribution is 2.19. The van der Waals surface area contributed by atoms with Crippen molar-refractivity contribution in [3.63, 3.8) is 0 Å². The average molecular weight is 160 g/mol. The maximum absolute atomic E-state index is 9.61. The zero-order valence-electron chi connectivity index (χ0n) is 6.80. The molecule has 2 aliphatic carbocycles. The van der Waals surface area contributed by atoms with E-state index in [1.54, 1.807) is 0 Å². The fourth-order valence-electron chi connectivity index (χ4n) is 1.50. The predicted octanol–water partition coefficient (Wildman–Crippen LogP) is 1.83. The van der Waals surface area contributed by atoms with Gasteiger partial charge in [0.2, 0.25) is 0 Å². The predicted molar refractivity (Wildman–Crippen MR) is 49.5 cm³/mol. The summed E-state index contributed by atoms with van der Waals surface area (Å²) in [5.41, 5.74) is 0. The standard InChI is InChI=1S/C11H12O/c12-11-8-6-9-3-1-2-4-10(11)7-5-9/h1-12H/b3-1-,4-2?/t9-,10+,11+/m0/s1. The minimum Gasteiger partial charge on any atom is -0.388 e. The fraction of sp³-hybridized carbons (Fsp3) is 0.273. The van der Waals surface area contributed by atoms with Gasteiger partial charge in [-0.3, -0.25) is 0 Å². The van der Waals surface area contributed by atoms with Gasteiger partial charge in [0.1, 0.15) is 0 Å². The van der Waals surface area contributed by atoms with Crippen LogP contribution in [0.4, 0.5) is 0 Å². The highest BCUT2D eigenvalue weighted by molar-refractivity contribution is 5.25. The number of fused-ring (bicyclic) bond motifs is 2. The Morgan fingerprint density at radius 3 is 2.42 bits per heavy atom. The number of hydrogen-bond donors (Lipinski definition) is 1. The molecule has 0 unspecified atom stereocenters. The van der Waals surface area contributed by atoms with Crippen LogP contribution in [0.25, 0.3) is 0 Å². The first kappa shape index (κ1) is 7.56. The molecule has 0 aromatic rings. The molecule has 2 rings (SSSR count). The first-order valence-corrected chi connectivity index (χ1v) is 4.26. The topological polar surface area (TPSA) is 20.2 Å². The zero-order valence-corrected chi connectivity index (χ0v) is 6.80. The number of rotatable bonds is 0. The lowest BCUT2D eigenvalue weighted by molar-refractivity contribution is 0.197. The molecule has 0 aromatic heterocycles. The molecule has 1 heteroatoms. The van der Waals surface area contributed by atoms with E-state index in [1.807, 2.05) is 30.4 Å². The minimum atomic E-state index is -0.359. The third-order valence-corrected chi connectivity index (χ3v) is 2.26. The second kappa shape index (κ2) is 3.11. The first-order chi connectivity index (χ1) is 5.86. The van der Waals surface area contributed by atoms with Gasteiger partial charge in [-0.1, -0.05) is 48.6 Å². The number of allylic oxidation sites excluding steroid dienone is 5. The molecule has 0 saturated heterocycles. The van der Waals surface area contributed by atoms with Crippen molar-refractivity contribution in [3.05, 3.63) is 48.6 Å². The number of hydrogen-bond acceptors (Lipinski definition) is 1. The van der Waals surface area contributed by atoms with Crippen molar-refractivity contribution >= 4 is 0 Å². The molecule has 1 nitrogen and oxygen atoms in total. The molecule has 3 atom stereocenters. The molecule has 0 aliphatic heterocycles. The lowest BCUT2D eigenvalue weighted by atomic mass is 10.0. The Labute approximate surface area is 72.4 Å². The summed E-state index contributed by atoms with van der Waals surface area (Å²) in [4.78, 5) is 0. The van der Waals surface area contributed by atoms with E-state index >= 15 is 0 Å². The summed E-state index contributed by atoms with van der Waals surface area (Å²) in [5.74, 6) is 0.505. The van der Waals surface area contributed by atoms with Gasteiger partial charge in [0.05, 0.1) is 6.10 Å². The largest absolute Gasteiger partial charge is 0.388 e. The molecule has 0 heterocycles. The highest BCUT2D eigenvalue weighted by Gasteiger charge is 2.14. The van der Waals surface area contributed by atoms with Gasteiger partial charge in [0.25, 0.3) is 0 Å². The van der Waals surface area contributed by atoms with E-state index in [1.165, 1.54) is 0 Å². The van der Waals surface area contributed by atoms with E-state index < -0.39 is 0 Å². The molecule has 0 spiro atoms. The summed E-state index contributed by atoms with van der Waals surface area (Å²) in [6.45, 7) is 0. The van der Waals surface area contributed by atoms with E-state index in [4.69, 9.17) is 0 Å². The van der Waals surface area contributed by atoms with Crippen LogP contribution in [0.1, 0.15) is 0 Å². The number of aliphatic hydroxyl groups excluding tert-OH is 1. The van der Waals surface area contributed by atoms with Crippen LogP contribution in [0.2, 0.25) is 0 Å². The normalized spacial score (nSPS) is 40.6. The Kier molecular flexibility index (Phi) is 1.96. The van der Waals surface area contributed by atoms with Crippen LogP contribution in [0.3, 0.4) is 0 Å². The summed E-state index contributed by atoms with van der Waals surface area (Å²) in [7, 11) is 0. The van der Waals surface area contributed by atoms with Crippen LogP contribution in [0, 0.1) is 11.8 Å². The fourth-order valence-corrected chi connectivity index (χ4v) is 1.50. The molecule has 2 aliphatic rings. The Morgan fingerprint density at radius 2 is 1.50 bits per heavy atom. The van der Waals surface area contributed by atoms with Gasteiger partial charge in [0.15, 0.2) is 0 Å². The smallest absolute Gasteiger partial charge is 0.0818 e. The van der Waals surface area contributed by atoms with Gasteiger partial charge < -0.3 is 5.11 Å². The van der Waals surface area contributed by atoms with Gasteiger partial charge in [-0.2, -0.15) is 0 Å². The third kappa shape index (κ3) is 1.41. The maximum atomic E-state index is 9.61. The van der Waals surface area contributed by atoms with Gasteiger partial charge in [-0.25, -0.2) is 0 Å². The number of aliphatic hydroxyl groups is 1. The molecule has 0 saturated carbocycles. The molecular weight excluding hydrogens is 148 g/mol. The molecule has 0 fully saturated rings. The quantitative estimate of drug-likeness (QED) is 0.536. The van der Waals surface area contributed by atoms with E-state index in [0.717, 1.165) is 0 Å². The summed E-state index contributed by atoms with van der Waals surface area (Å²) < 4.78 is 0. The first-order valence-electron chi connectivity index (χ1n) is 4.26. The monoisotopic (exact) mass is 160 g/mol. The van der Waals surface area contributed by atoms with Crippen molar-refractivity contribution < 1.29 is 5.11 Å². The van der Waals surface area contributed by atoms with Crippen molar-refractivity contribution in [1.82, 2.24) is 0 Å². The summed E-state index contributed by atoms with van der Waals surface area (Å²) in [6, 6.07) is 0. The molecule has 2 bridgehead atoms. The van der Waals surface area contributed by atoms with Crippen molar-refractivity contribution in [2.45, 2.75) is 6.10 Å². The van der Waals surface area contributed by atoms with Crippen LogP contribution in [-0.4, -0.2) is 11.2 Å². The average Bonchev–Trinajstić information content (AvgIpc) is 2.12. The Balaban J connectivity index is 2.38. The van der Waals surface area contributed by atoms with Crippen molar-refractivity contribution in [1.29, 1.82) is 0 Å². The molecule has 0 aromatic carbocycles. The van der Waals surface area contributed by atoms with E-state index in [9.17, 15) is 5.11 Å². The Bertz CT molecular complexity index is 271. The van der Waals surface area contributed by atoms with Crippen LogP contribution >= 0.6 is 0 Å². The summed E-state index contributed by atoms with van der Waals surface area (Å²) in [6.07, 6.45) is 15.9. The molecule has 1 N–H and O–H groups in total. The molecule has 0 amide bonds. The third-order valence-electron chi connectivity index (χ3n) is 2.26. The van der Waals surface area contributed by atoms with E-state index in [0.29, 0.717) is 5.92 Å². The SMILES string of the molecule is O[C@@H]1C=C[C@@H]2C=C[C@H]1C=C/C=C\2. The van der Waals surface area contributed by atoms with Crippen molar-refractivity contribution in [2.24, 2.45) is 11.8 Å². The minimum absolute atomic E-state index is 0.149. The van der Waals surface area contributed by atoms with E-state index in [-0.39, 0.29) is 12.0 Å². The molecule has 0 radical (unpaired) electrons. The van der Waals surface area contributed by atoms with Gasteiger partial charge in [-0.05, 0) is 0 Å². The van der Waals surface area contributed by atoms with Crippen LogP contribution in [0.15, 0.2) is 48.6 Å². The molecule has 62 valence electrons. The van der Waals surface area contributed by atoms with Crippen LogP contribution < -0.4 is 0 Å². The lowest BCUT2D eigenvalue weighted by Gasteiger charge is -2.10.